The van der Waals surface area contributed by atoms with E-state index in [1.165, 1.54) is 61.0 Å². The van der Waals surface area contributed by atoms with Gasteiger partial charge in [0.2, 0.25) is 0 Å². The highest BCUT2D eigenvalue weighted by atomic mass is 16.3. The number of hydrogen-bond acceptors (Lipinski definition) is 2. The minimum absolute atomic E-state index is 0.105. The molecule has 1 heterocycles. The lowest BCUT2D eigenvalue weighted by Crippen LogP contribution is -2.16. The zero-order valence-corrected chi connectivity index (χ0v) is 29.6. The number of rotatable bonds is 6. The summed E-state index contributed by atoms with van der Waals surface area (Å²) in [4.78, 5) is 2.46. The van der Waals surface area contributed by atoms with Gasteiger partial charge in [-0.3, -0.25) is 0 Å². The van der Waals surface area contributed by atoms with Crippen LogP contribution in [0.2, 0.25) is 0 Å². The number of anilines is 3. The summed E-state index contributed by atoms with van der Waals surface area (Å²) in [5, 5.41) is 3.75. The van der Waals surface area contributed by atoms with Gasteiger partial charge in [-0.05, 0) is 98.6 Å². The summed E-state index contributed by atoms with van der Waals surface area (Å²) in [6, 6.07) is 51.5. The molecule has 0 N–H and O–H groups in total. The Kier molecular flexibility index (Phi) is 6.62. The van der Waals surface area contributed by atoms with E-state index in [1.807, 2.05) is 12.2 Å². The molecule has 0 radical (unpaired) electrons. The Bertz CT molecular complexity index is 2790. The summed E-state index contributed by atoms with van der Waals surface area (Å²) in [6.45, 7) is 10.6. The van der Waals surface area contributed by atoms with E-state index in [1.54, 1.807) is 6.08 Å². The maximum absolute atomic E-state index is 6.45. The van der Waals surface area contributed by atoms with Crippen molar-refractivity contribution in [3.8, 4) is 44.5 Å². The number of nitrogens with zero attached hydrogens (tertiary/aromatic N) is 1. The molecule has 0 aliphatic heterocycles. The standard InChI is InChI=1S/C50H37NO/c1-5-6-23-46-31(2)36-16-11-17-37(49(36)52-46)32-24-26-34(27-25-32)51(45-22-12-21-44-48(45)41-15-7-8-20-43(41)50(44,3)4)35-28-29-38-39-18-9-13-33-14-10-19-40(47(33)39)42(38)30-35/h5-30H,1H2,2-4H3/b23-6-. The second-order valence-corrected chi connectivity index (χ2v) is 14.6. The fourth-order valence-corrected chi connectivity index (χ4v) is 8.86. The Morgan fingerprint density at radius 1 is 0.615 bits per heavy atom. The van der Waals surface area contributed by atoms with E-state index in [4.69, 9.17) is 4.42 Å². The van der Waals surface area contributed by atoms with Crippen LogP contribution in [-0.2, 0) is 5.41 Å². The van der Waals surface area contributed by atoms with Crippen LogP contribution in [0.1, 0.15) is 36.3 Å². The molecule has 0 fully saturated rings. The fraction of sp³-hybridized carbons (Fsp3) is 0.0800. The monoisotopic (exact) mass is 667 g/mol. The summed E-state index contributed by atoms with van der Waals surface area (Å²) in [5.74, 6) is 0.862. The zero-order chi connectivity index (χ0) is 35.1. The smallest absolute Gasteiger partial charge is 0.142 e. The van der Waals surface area contributed by atoms with Crippen LogP contribution in [0, 0.1) is 6.92 Å². The fourth-order valence-electron chi connectivity index (χ4n) is 8.86. The number of furan rings is 1. The summed E-state index contributed by atoms with van der Waals surface area (Å²) in [7, 11) is 0. The average Bonchev–Trinajstić information content (AvgIpc) is 3.77. The van der Waals surface area contributed by atoms with Gasteiger partial charge in [-0.25, -0.2) is 0 Å². The Morgan fingerprint density at radius 2 is 1.29 bits per heavy atom. The number of allylic oxidation sites excluding steroid dienone is 2. The quantitative estimate of drug-likeness (QED) is 0.164. The Morgan fingerprint density at radius 3 is 2.10 bits per heavy atom. The van der Waals surface area contributed by atoms with Crippen molar-refractivity contribution in [1.82, 2.24) is 0 Å². The summed E-state index contributed by atoms with van der Waals surface area (Å²) >= 11 is 0. The molecule has 1 aromatic heterocycles. The molecule has 10 rings (SSSR count). The maximum atomic E-state index is 6.45. The second-order valence-electron chi connectivity index (χ2n) is 14.6. The molecule has 0 saturated heterocycles. The van der Waals surface area contributed by atoms with Gasteiger partial charge in [0.25, 0.3) is 0 Å². The number of aryl methyl sites for hydroxylation is 1. The molecule has 52 heavy (non-hydrogen) atoms. The van der Waals surface area contributed by atoms with E-state index >= 15 is 0 Å². The molecule has 0 bridgehead atoms. The molecule has 2 aliphatic rings. The van der Waals surface area contributed by atoms with Crippen molar-refractivity contribution in [2.75, 3.05) is 4.90 Å². The van der Waals surface area contributed by atoms with Crippen LogP contribution in [0.3, 0.4) is 0 Å². The van der Waals surface area contributed by atoms with E-state index < -0.39 is 0 Å². The number of benzene rings is 7. The molecule has 0 unspecified atom stereocenters. The Balaban J connectivity index is 1.17. The molecule has 0 atom stereocenters. The highest BCUT2D eigenvalue weighted by Gasteiger charge is 2.38. The summed E-state index contributed by atoms with van der Waals surface area (Å²) in [6.07, 6.45) is 5.69. The van der Waals surface area contributed by atoms with Crippen molar-refractivity contribution in [3.63, 3.8) is 0 Å². The van der Waals surface area contributed by atoms with E-state index in [-0.39, 0.29) is 5.41 Å². The van der Waals surface area contributed by atoms with Crippen molar-refractivity contribution in [2.24, 2.45) is 0 Å². The molecular weight excluding hydrogens is 631 g/mol. The molecule has 8 aromatic rings. The molecule has 2 aliphatic carbocycles. The molecule has 7 aromatic carbocycles. The average molecular weight is 668 g/mol. The number of hydrogen-bond donors (Lipinski definition) is 0. The third-order valence-corrected chi connectivity index (χ3v) is 11.4. The predicted molar refractivity (Wildman–Crippen MR) is 220 cm³/mol. The second kappa shape index (κ2) is 11.3. The van der Waals surface area contributed by atoms with Crippen molar-refractivity contribution in [2.45, 2.75) is 26.2 Å². The lowest BCUT2D eigenvalue weighted by Gasteiger charge is -2.29. The van der Waals surface area contributed by atoms with Crippen LogP contribution in [0.4, 0.5) is 17.1 Å². The van der Waals surface area contributed by atoms with Gasteiger partial charge in [-0.2, -0.15) is 0 Å². The van der Waals surface area contributed by atoms with Gasteiger partial charge < -0.3 is 9.32 Å². The lowest BCUT2D eigenvalue weighted by molar-refractivity contribution is 0.602. The molecule has 2 heteroatoms. The van der Waals surface area contributed by atoms with Crippen LogP contribution in [0.25, 0.3) is 72.3 Å². The van der Waals surface area contributed by atoms with Crippen molar-refractivity contribution >= 4 is 44.9 Å². The first-order valence-electron chi connectivity index (χ1n) is 18.1. The largest absolute Gasteiger partial charge is 0.456 e. The van der Waals surface area contributed by atoms with Gasteiger partial charge in [0.1, 0.15) is 11.3 Å². The maximum Gasteiger partial charge on any atom is 0.142 e. The normalized spacial score (nSPS) is 13.4. The van der Waals surface area contributed by atoms with Crippen LogP contribution in [0.15, 0.2) is 163 Å². The third kappa shape index (κ3) is 4.31. The first kappa shape index (κ1) is 30.4. The topological polar surface area (TPSA) is 16.4 Å². The summed E-state index contributed by atoms with van der Waals surface area (Å²) < 4.78 is 6.45. The minimum Gasteiger partial charge on any atom is -0.456 e. The van der Waals surface area contributed by atoms with E-state index in [0.29, 0.717) is 0 Å². The zero-order valence-electron chi connectivity index (χ0n) is 29.6. The SMILES string of the molecule is C=C/C=C\c1oc2c(-c3ccc(N(c4ccc5c(c4)-c4cccc6cccc-5c46)c4cccc5c4-c4ccccc4C5(C)C)cc3)cccc2c1C. The van der Waals surface area contributed by atoms with Crippen LogP contribution in [0.5, 0.6) is 0 Å². The van der Waals surface area contributed by atoms with Crippen LogP contribution >= 0.6 is 0 Å². The highest BCUT2D eigenvalue weighted by molar-refractivity contribution is 6.16. The minimum atomic E-state index is -0.105. The van der Waals surface area contributed by atoms with Crippen molar-refractivity contribution < 1.29 is 4.42 Å². The third-order valence-electron chi connectivity index (χ3n) is 11.4. The predicted octanol–water partition coefficient (Wildman–Crippen LogP) is 14.2. The molecule has 0 amide bonds. The van der Waals surface area contributed by atoms with Gasteiger partial charge in [0.05, 0.1) is 5.69 Å². The molecule has 0 spiro atoms. The lowest BCUT2D eigenvalue weighted by atomic mass is 9.82. The van der Waals surface area contributed by atoms with Gasteiger partial charge in [-0.15, -0.1) is 0 Å². The number of para-hydroxylation sites is 1. The van der Waals surface area contributed by atoms with E-state index in [0.717, 1.165) is 44.8 Å². The highest BCUT2D eigenvalue weighted by Crippen LogP contribution is 2.55. The first-order valence-corrected chi connectivity index (χ1v) is 18.1. The van der Waals surface area contributed by atoms with Gasteiger partial charge >= 0.3 is 0 Å². The molecular formula is C50H37NO. The first-order chi connectivity index (χ1) is 25.4. The van der Waals surface area contributed by atoms with Crippen molar-refractivity contribution in [3.05, 3.63) is 181 Å². The number of fused-ring (bicyclic) bond motifs is 7. The van der Waals surface area contributed by atoms with Gasteiger partial charge in [0.15, 0.2) is 0 Å². The summed E-state index contributed by atoms with van der Waals surface area (Å²) in [5.41, 5.74) is 18.1. The Labute approximate surface area is 304 Å². The Hall–Kier alpha value is -6.38. The van der Waals surface area contributed by atoms with Crippen molar-refractivity contribution in [1.29, 1.82) is 0 Å². The molecule has 0 saturated carbocycles. The molecule has 248 valence electrons. The van der Waals surface area contributed by atoms with Crippen LogP contribution in [-0.4, -0.2) is 0 Å². The van der Waals surface area contributed by atoms with E-state index in [2.05, 4.69) is 172 Å². The van der Waals surface area contributed by atoms with E-state index in [9.17, 15) is 0 Å². The van der Waals surface area contributed by atoms with Gasteiger partial charge in [-0.1, -0.05) is 142 Å². The molecule has 2 nitrogen and oxygen atoms in total. The van der Waals surface area contributed by atoms with Gasteiger partial charge in [0, 0.05) is 38.9 Å². The van der Waals surface area contributed by atoms with Crippen LogP contribution < -0.4 is 4.90 Å².